The lowest BCUT2D eigenvalue weighted by atomic mass is 9.96. The van der Waals surface area contributed by atoms with E-state index in [1.807, 2.05) is 22.6 Å². The molecule has 1 aliphatic rings. The Bertz CT molecular complexity index is 447. The Morgan fingerprint density at radius 2 is 2.00 bits per heavy atom. The van der Waals surface area contributed by atoms with Gasteiger partial charge in [-0.25, -0.2) is 0 Å². The minimum atomic E-state index is -0.159. The summed E-state index contributed by atoms with van der Waals surface area (Å²) in [6.45, 7) is 3.21. The van der Waals surface area contributed by atoms with Crippen molar-refractivity contribution < 1.29 is 14.3 Å². The smallest absolute Gasteiger partial charge is 0.308 e. The Morgan fingerprint density at radius 3 is 2.50 bits per heavy atom. The van der Waals surface area contributed by atoms with E-state index in [9.17, 15) is 9.59 Å². The summed E-state index contributed by atoms with van der Waals surface area (Å²) in [5.41, 5.74) is 1.82. The van der Waals surface area contributed by atoms with Crippen LogP contribution in [0.5, 0.6) is 0 Å². The summed E-state index contributed by atoms with van der Waals surface area (Å²) in [7, 11) is 1.41. The molecule has 1 fully saturated rings. The first-order valence-corrected chi connectivity index (χ1v) is 6.97. The van der Waals surface area contributed by atoms with Crippen LogP contribution in [-0.4, -0.2) is 37.0 Å². The molecule has 0 radical (unpaired) electrons. The van der Waals surface area contributed by atoms with Crippen molar-refractivity contribution in [2.75, 3.05) is 20.2 Å². The maximum Gasteiger partial charge on any atom is 0.308 e. The van der Waals surface area contributed by atoms with E-state index in [4.69, 9.17) is 4.74 Å². The van der Waals surface area contributed by atoms with Gasteiger partial charge in [-0.1, -0.05) is 0 Å². The molecule has 18 heavy (non-hydrogen) atoms. The number of thiophene rings is 1. The number of nitrogens with zero attached hydrogens (tertiary/aromatic N) is 1. The lowest BCUT2D eigenvalue weighted by Crippen LogP contribution is -2.40. The summed E-state index contributed by atoms with van der Waals surface area (Å²) in [5, 5.41) is 3.87. The van der Waals surface area contributed by atoms with Crippen LogP contribution in [0.2, 0.25) is 0 Å². The first-order valence-electron chi connectivity index (χ1n) is 6.03. The van der Waals surface area contributed by atoms with Gasteiger partial charge >= 0.3 is 5.97 Å². The van der Waals surface area contributed by atoms with Crippen LogP contribution in [0.15, 0.2) is 10.8 Å². The molecule has 0 unspecified atom stereocenters. The number of ether oxygens (including phenoxy) is 1. The number of esters is 1. The normalized spacial score (nSPS) is 16.7. The molecule has 1 aliphatic heterocycles. The van der Waals surface area contributed by atoms with Gasteiger partial charge in [-0.3, -0.25) is 9.59 Å². The van der Waals surface area contributed by atoms with Crippen LogP contribution < -0.4 is 0 Å². The van der Waals surface area contributed by atoms with Gasteiger partial charge < -0.3 is 9.64 Å². The molecule has 0 atom stereocenters. The number of rotatable bonds is 2. The minimum Gasteiger partial charge on any atom is -0.469 e. The predicted octanol–water partition coefficient (Wildman–Crippen LogP) is 2.08. The minimum absolute atomic E-state index is 0.0531. The van der Waals surface area contributed by atoms with Gasteiger partial charge in [-0.2, -0.15) is 11.3 Å². The maximum absolute atomic E-state index is 12.2. The lowest BCUT2D eigenvalue weighted by Gasteiger charge is -2.30. The van der Waals surface area contributed by atoms with Gasteiger partial charge in [-0.15, -0.1) is 0 Å². The fourth-order valence-corrected chi connectivity index (χ4v) is 3.06. The summed E-state index contributed by atoms with van der Waals surface area (Å²) in [4.78, 5) is 25.5. The van der Waals surface area contributed by atoms with Gasteiger partial charge in [0.1, 0.15) is 0 Å². The van der Waals surface area contributed by atoms with E-state index in [0.29, 0.717) is 25.9 Å². The lowest BCUT2D eigenvalue weighted by molar-refractivity contribution is -0.146. The highest BCUT2D eigenvalue weighted by molar-refractivity contribution is 7.08. The summed E-state index contributed by atoms with van der Waals surface area (Å²) in [6, 6.07) is 0. The molecule has 1 amide bonds. The van der Waals surface area contributed by atoms with Crippen LogP contribution in [0.4, 0.5) is 0 Å². The number of aryl methyl sites for hydroxylation is 1. The molecule has 1 saturated heterocycles. The Kier molecular flexibility index (Phi) is 4.01. The SMILES string of the molecule is COC(=O)C1CCN(C(=O)c2cscc2C)CC1. The summed E-state index contributed by atoms with van der Waals surface area (Å²) >= 11 is 1.55. The van der Waals surface area contributed by atoms with E-state index in [1.54, 1.807) is 11.3 Å². The van der Waals surface area contributed by atoms with Crippen LogP contribution in [0, 0.1) is 12.8 Å². The molecule has 0 bridgehead atoms. The second kappa shape index (κ2) is 5.52. The highest BCUT2D eigenvalue weighted by Gasteiger charge is 2.28. The number of piperidine rings is 1. The average Bonchev–Trinajstić information content (AvgIpc) is 2.83. The third kappa shape index (κ3) is 2.56. The maximum atomic E-state index is 12.2. The number of methoxy groups -OCH3 is 1. The zero-order valence-electron chi connectivity index (χ0n) is 10.6. The summed E-state index contributed by atoms with van der Waals surface area (Å²) in [6.07, 6.45) is 1.39. The van der Waals surface area contributed by atoms with E-state index in [2.05, 4.69) is 0 Å². The van der Waals surface area contributed by atoms with Crippen molar-refractivity contribution in [2.45, 2.75) is 19.8 Å². The van der Waals surface area contributed by atoms with Gasteiger partial charge in [0.2, 0.25) is 0 Å². The molecular formula is C13H17NO3S. The second-order valence-electron chi connectivity index (χ2n) is 4.56. The molecule has 98 valence electrons. The number of carbonyl (C=O) groups is 2. The Labute approximate surface area is 111 Å². The van der Waals surface area contributed by atoms with Gasteiger partial charge in [-0.05, 0) is 30.7 Å². The van der Waals surface area contributed by atoms with Crippen molar-refractivity contribution in [3.05, 3.63) is 21.9 Å². The van der Waals surface area contributed by atoms with Gasteiger partial charge in [0.15, 0.2) is 0 Å². The van der Waals surface area contributed by atoms with E-state index in [-0.39, 0.29) is 17.8 Å². The van der Waals surface area contributed by atoms with Gasteiger partial charge in [0.05, 0.1) is 18.6 Å². The molecule has 4 nitrogen and oxygen atoms in total. The Hall–Kier alpha value is -1.36. The summed E-state index contributed by atoms with van der Waals surface area (Å²) in [5.74, 6) is -0.131. The van der Waals surface area contributed by atoms with Gasteiger partial charge in [0.25, 0.3) is 5.91 Å². The molecule has 2 rings (SSSR count). The monoisotopic (exact) mass is 267 g/mol. The molecule has 0 saturated carbocycles. The number of amides is 1. The molecule has 1 aromatic rings. The molecule has 1 aromatic heterocycles. The van der Waals surface area contributed by atoms with Crippen LogP contribution in [-0.2, 0) is 9.53 Å². The van der Waals surface area contributed by atoms with E-state index >= 15 is 0 Å². The van der Waals surface area contributed by atoms with Crippen molar-refractivity contribution in [1.82, 2.24) is 4.90 Å². The van der Waals surface area contributed by atoms with Crippen molar-refractivity contribution in [3.8, 4) is 0 Å². The van der Waals surface area contributed by atoms with E-state index < -0.39 is 0 Å². The van der Waals surface area contributed by atoms with E-state index in [0.717, 1.165) is 11.1 Å². The zero-order valence-corrected chi connectivity index (χ0v) is 11.5. The largest absolute Gasteiger partial charge is 0.469 e. The highest BCUT2D eigenvalue weighted by Crippen LogP contribution is 2.22. The quantitative estimate of drug-likeness (QED) is 0.771. The third-order valence-corrected chi connectivity index (χ3v) is 4.26. The van der Waals surface area contributed by atoms with Crippen molar-refractivity contribution >= 4 is 23.2 Å². The molecule has 0 aliphatic carbocycles. The number of carbonyl (C=O) groups excluding carboxylic acids is 2. The fourth-order valence-electron chi connectivity index (χ4n) is 2.23. The average molecular weight is 267 g/mol. The molecule has 0 N–H and O–H groups in total. The number of hydrogen-bond acceptors (Lipinski definition) is 4. The van der Waals surface area contributed by atoms with Crippen molar-refractivity contribution in [3.63, 3.8) is 0 Å². The molecule has 0 spiro atoms. The molecule has 5 heteroatoms. The first kappa shape index (κ1) is 13.1. The van der Waals surface area contributed by atoms with Gasteiger partial charge in [0, 0.05) is 18.5 Å². The van der Waals surface area contributed by atoms with Crippen molar-refractivity contribution in [1.29, 1.82) is 0 Å². The predicted molar refractivity (Wildman–Crippen MR) is 69.7 cm³/mol. The molecule has 2 heterocycles. The van der Waals surface area contributed by atoms with Crippen LogP contribution in [0.25, 0.3) is 0 Å². The van der Waals surface area contributed by atoms with Crippen LogP contribution in [0.1, 0.15) is 28.8 Å². The topological polar surface area (TPSA) is 46.6 Å². The fraction of sp³-hybridized carbons (Fsp3) is 0.538. The molecular weight excluding hydrogens is 250 g/mol. The van der Waals surface area contributed by atoms with Crippen molar-refractivity contribution in [2.24, 2.45) is 5.92 Å². The van der Waals surface area contributed by atoms with E-state index in [1.165, 1.54) is 7.11 Å². The highest BCUT2D eigenvalue weighted by atomic mass is 32.1. The van der Waals surface area contributed by atoms with Crippen LogP contribution >= 0.6 is 11.3 Å². The van der Waals surface area contributed by atoms with Crippen LogP contribution in [0.3, 0.4) is 0 Å². The summed E-state index contributed by atoms with van der Waals surface area (Å²) < 4.78 is 4.74. The Morgan fingerprint density at radius 1 is 1.33 bits per heavy atom. The first-order chi connectivity index (χ1) is 8.63. The number of likely N-dealkylation sites (tertiary alicyclic amines) is 1. The second-order valence-corrected chi connectivity index (χ2v) is 5.30. The molecule has 0 aromatic carbocycles. The zero-order chi connectivity index (χ0) is 13.1. The standard InChI is InChI=1S/C13H17NO3S/c1-9-7-18-8-11(9)12(15)14-5-3-10(4-6-14)13(16)17-2/h7-8,10H,3-6H2,1-2H3. The third-order valence-electron chi connectivity index (χ3n) is 3.40. The Balaban J connectivity index is 1.96. The number of hydrogen-bond donors (Lipinski definition) is 0.